The second-order valence-corrected chi connectivity index (χ2v) is 8.05. The van der Waals surface area contributed by atoms with Gasteiger partial charge in [-0.05, 0) is 29.7 Å². The van der Waals surface area contributed by atoms with Gasteiger partial charge in [0.25, 0.3) is 0 Å². The standard InChI is InChI=1S/C28H15N3O4/c29-14-22-19(20-13-25(32)35-26-17-7-3-1-5-15(17)9-10-18(20)26)12-23(31-27(22)30)21-11-16-6-2-4-8-24(16)34-28(21)33/h1-13H,(H2,30,31). The number of rotatable bonds is 2. The first-order valence-electron chi connectivity index (χ1n) is 10.7. The molecule has 7 nitrogen and oxygen atoms in total. The van der Waals surface area contributed by atoms with Crippen LogP contribution < -0.4 is 17.0 Å². The third-order valence-corrected chi connectivity index (χ3v) is 6.00. The second-order valence-electron chi connectivity index (χ2n) is 8.05. The summed E-state index contributed by atoms with van der Waals surface area (Å²) in [5.74, 6) is -0.0604. The smallest absolute Gasteiger partial charge is 0.345 e. The van der Waals surface area contributed by atoms with Gasteiger partial charge in [0.2, 0.25) is 0 Å². The van der Waals surface area contributed by atoms with Crippen LogP contribution in [0.15, 0.2) is 97.3 Å². The van der Waals surface area contributed by atoms with E-state index in [0.29, 0.717) is 33.1 Å². The van der Waals surface area contributed by atoms with Crippen molar-refractivity contribution in [1.29, 1.82) is 5.26 Å². The first-order chi connectivity index (χ1) is 17.0. The Hall–Kier alpha value is -5.22. The van der Waals surface area contributed by atoms with Crippen LogP contribution in [0, 0.1) is 11.3 Å². The molecular formula is C28H15N3O4. The number of pyridine rings is 1. The predicted octanol–water partition coefficient (Wildman–Crippen LogP) is 5.24. The number of nitrogen functional groups attached to an aromatic ring is 1. The van der Waals surface area contributed by atoms with E-state index in [2.05, 4.69) is 11.1 Å². The molecule has 35 heavy (non-hydrogen) atoms. The minimum Gasteiger partial charge on any atom is -0.422 e. The lowest BCUT2D eigenvalue weighted by atomic mass is 9.95. The number of nitrogens with zero attached hydrogens (tertiary/aromatic N) is 2. The summed E-state index contributed by atoms with van der Waals surface area (Å²) >= 11 is 0. The Bertz CT molecular complexity index is 1980. The number of para-hydroxylation sites is 1. The van der Waals surface area contributed by atoms with Gasteiger partial charge in [-0.2, -0.15) is 5.26 Å². The monoisotopic (exact) mass is 457 g/mol. The molecule has 0 spiro atoms. The Balaban J connectivity index is 1.69. The van der Waals surface area contributed by atoms with Crippen LogP contribution in [0.25, 0.3) is 55.1 Å². The fraction of sp³-hybridized carbons (Fsp3) is 0. The Labute approximate surface area is 197 Å². The number of hydrogen-bond acceptors (Lipinski definition) is 7. The van der Waals surface area contributed by atoms with Crippen molar-refractivity contribution in [3.05, 3.63) is 105 Å². The number of hydrogen-bond donors (Lipinski definition) is 1. The SMILES string of the molecule is N#Cc1c(-c2cc(=O)oc3c2ccc2ccccc23)cc(-c2cc3ccccc3oc2=O)nc1N. The van der Waals surface area contributed by atoms with Crippen LogP contribution >= 0.6 is 0 Å². The Morgan fingerprint density at radius 1 is 0.771 bits per heavy atom. The fourth-order valence-corrected chi connectivity index (χ4v) is 4.39. The van der Waals surface area contributed by atoms with Crippen LogP contribution in [0.2, 0.25) is 0 Å². The van der Waals surface area contributed by atoms with Crippen molar-refractivity contribution in [2.45, 2.75) is 0 Å². The number of nitrogens with two attached hydrogens (primary N) is 1. The Kier molecular flexibility index (Phi) is 4.47. The number of aromatic nitrogens is 1. The van der Waals surface area contributed by atoms with Gasteiger partial charge in [-0.1, -0.05) is 48.5 Å². The van der Waals surface area contributed by atoms with E-state index in [9.17, 15) is 14.9 Å². The van der Waals surface area contributed by atoms with E-state index in [-0.39, 0.29) is 22.6 Å². The molecule has 0 aliphatic heterocycles. The highest BCUT2D eigenvalue weighted by Crippen LogP contribution is 2.36. The van der Waals surface area contributed by atoms with Gasteiger partial charge in [-0.15, -0.1) is 0 Å². The highest BCUT2D eigenvalue weighted by atomic mass is 16.4. The summed E-state index contributed by atoms with van der Waals surface area (Å²) in [6, 6.07) is 25.1. The average Bonchev–Trinajstić information content (AvgIpc) is 2.87. The van der Waals surface area contributed by atoms with E-state index < -0.39 is 11.3 Å². The summed E-state index contributed by atoms with van der Waals surface area (Å²) in [5, 5.41) is 12.9. The summed E-state index contributed by atoms with van der Waals surface area (Å²) in [6.45, 7) is 0. The first-order valence-corrected chi connectivity index (χ1v) is 10.7. The van der Waals surface area contributed by atoms with E-state index >= 15 is 0 Å². The zero-order chi connectivity index (χ0) is 24.1. The molecule has 7 heteroatoms. The third kappa shape index (κ3) is 3.24. The molecule has 0 fully saturated rings. The van der Waals surface area contributed by atoms with Crippen molar-refractivity contribution < 1.29 is 8.83 Å². The van der Waals surface area contributed by atoms with E-state index in [4.69, 9.17) is 14.6 Å². The molecule has 6 rings (SSSR count). The second kappa shape index (κ2) is 7.68. The molecule has 0 amide bonds. The largest absolute Gasteiger partial charge is 0.422 e. The van der Waals surface area contributed by atoms with Crippen molar-refractivity contribution in [2.75, 3.05) is 5.73 Å². The number of fused-ring (bicyclic) bond motifs is 4. The highest BCUT2D eigenvalue weighted by molar-refractivity contribution is 6.09. The van der Waals surface area contributed by atoms with Gasteiger partial charge in [0.1, 0.15) is 28.6 Å². The average molecular weight is 457 g/mol. The topological polar surface area (TPSA) is 123 Å². The summed E-state index contributed by atoms with van der Waals surface area (Å²) in [4.78, 5) is 29.7. The summed E-state index contributed by atoms with van der Waals surface area (Å²) in [6.07, 6.45) is 0. The molecule has 0 aliphatic carbocycles. The first kappa shape index (κ1) is 20.4. The third-order valence-electron chi connectivity index (χ3n) is 6.00. The number of nitriles is 1. The van der Waals surface area contributed by atoms with Gasteiger partial charge in [0, 0.05) is 33.4 Å². The van der Waals surface area contributed by atoms with Crippen LogP contribution in [0.4, 0.5) is 5.82 Å². The van der Waals surface area contributed by atoms with E-state index in [1.54, 1.807) is 24.3 Å². The molecule has 3 aromatic heterocycles. The normalized spacial score (nSPS) is 11.2. The molecular weight excluding hydrogens is 442 g/mol. The van der Waals surface area contributed by atoms with Gasteiger partial charge in [0.15, 0.2) is 0 Å². The maximum atomic E-state index is 12.8. The Morgan fingerprint density at radius 3 is 2.37 bits per heavy atom. The van der Waals surface area contributed by atoms with Crippen LogP contribution in [0.1, 0.15) is 5.56 Å². The lowest BCUT2D eigenvalue weighted by Crippen LogP contribution is -2.07. The van der Waals surface area contributed by atoms with Crippen molar-refractivity contribution in [3.63, 3.8) is 0 Å². The summed E-state index contributed by atoms with van der Waals surface area (Å²) in [5.41, 5.74) is 7.21. The zero-order valence-corrected chi connectivity index (χ0v) is 18.1. The predicted molar refractivity (Wildman–Crippen MR) is 134 cm³/mol. The van der Waals surface area contributed by atoms with Crippen molar-refractivity contribution in [3.8, 4) is 28.5 Å². The van der Waals surface area contributed by atoms with E-state index in [1.807, 2.05) is 48.5 Å². The van der Waals surface area contributed by atoms with Gasteiger partial charge >= 0.3 is 11.3 Å². The van der Waals surface area contributed by atoms with Gasteiger partial charge in [0.05, 0.1) is 11.3 Å². The molecule has 0 saturated heterocycles. The summed E-state index contributed by atoms with van der Waals surface area (Å²) in [7, 11) is 0. The molecule has 166 valence electrons. The van der Waals surface area contributed by atoms with Crippen LogP contribution in [-0.4, -0.2) is 4.98 Å². The molecule has 0 aliphatic rings. The van der Waals surface area contributed by atoms with Gasteiger partial charge < -0.3 is 14.6 Å². The van der Waals surface area contributed by atoms with Gasteiger partial charge in [-0.3, -0.25) is 0 Å². The zero-order valence-electron chi connectivity index (χ0n) is 18.1. The number of anilines is 1. The molecule has 0 radical (unpaired) electrons. The molecule has 0 atom stereocenters. The molecule has 3 aromatic carbocycles. The minimum absolute atomic E-state index is 0.0604. The quantitative estimate of drug-likeness (QED) is 0.279. The van der Waals surface area contributed by atoms with Crippen molar-refractivity contribution in [1.82, 2.24) is 4.98 Å². The molecule has 0 unspecified atom stereocenters. The summed E-state index contributed by atoms with van der Waals surface area (Å²) < 4.78 is 11.0. The minimum atomic E-state index is -0.588. The lowest BCUT2D eigenvalue weighted by Gasteiger charge is -2.12. The van der Waals surface area contributed by atoms with Gasteiger partial charge in [-0.25, -0.2) is 14.6 Å². The van der Waals surface area contributed by atoms with Crippen molar-refractivity contribution >= 4 is 38.5 Å². The fourth-order valence-electron chi connectivity index (χ4n) is 4.39. The van der Waals surface area contributed by atoms with Crippen LogP contribution in [-0.2, 0) is 0 Å². The lowest BCUT2D eigenvalue weighted by molar-refractivity contribution is 0.563. The molecule has 0 bridgehead atoms. The van der Waals surface area contributed by atoms with E-state index in [0.717, 1.165) is 10.8 Å². The maximum Gasteiger partial charge on any atom is 0.345 e. The number of benzene rings is 3. The Morgan fingerprint density at radius 2 is 1.54 bits per heavy atom. The van der Waals surface area contributed by atoms with Crippen molar-refractivity contribution in [2.24, 2.45) is 0 Å². The molecule has 3 heterocycles. The molecule has 0 saturated carbocycles. The van der Waals surface area contributed by atoms with E-state index in [1.165, 1.54) is 6.07 Å². The molecule has 2 N–H and O–H groups in total. The van der Waals surface area contributed by atoms with Crippen LogP contribution in [0.5, 0.6) is 0 Å². The highest BCUT2D eigenvalue weighted by Gasteiger charge is 2.19. The maximum absolute atomic E-state index is 12.8. The van der Waals surface area contributed by atoms with Crippen LogP contribution in [0.3, 0.4) is 0 Å². The molecule has 6 aromatic rings.